The van der Waals surface area contributed by atoms with E-state index in [0.29, 0.717) is 0 Å². The van der Waals surface area contributed by atoms with Crippen molar-refractivity contribution in [3.63, 3.8) is 0 Å². The van der Waals surface area contributed by atoms with Gasteiger partial charge < -0.3 is 10.4 Å². The molecule has 2 atom stereocenters. The third kappa shape index (κ3) is 0.983. The monoisotopic (exact) mass is 189 g/mol. The van der Waals surface area contributed by atoms with Gasteiger partial charge in [-0.25, -0.2) is 0 Å². The van der Waals surface area contributed by atoms with E-state index in [9.17, 15) is 5.11 Å². The van der Waals surface area contributed by atoms with Crippen LogP contribution in [-0.2, 0) is 5.41 Å². The molecule has 0 aromatic heterocycles. The van der Waals surface area contributed by atoms with Gasteiger partial charge in [0, 0.05) is 12.0 Å². The van der Waals surface area contributed by atoms with E-state index in [0.717, 1.165) is 25.1 Å². The number of rotatable bonds is 0. The molecule has 2 unspecified atom stereocenters. The molecule has 2 N–H and O–H groups in total. The molecule has 74 valence electrons. The fourth-order valence-electron chi connectivity index (χ4n) is 3.01. The molecule has 0 saturated carbocycles. The molecule has 0 radical (unpaired) electrons. The zero-order valence-corrected chi connectivity index (χ0v) is 8.16. The van der Waals surface area contributed by atoms with Crippen LogP contribution >= 0.6 is 0 Å². The van der Waals surface area contributed by atoms with Gasteiger partial charge in [0.2, 0.25) is 0 Å². The molecule has 1 aliphatic heterocycles. The first kappa shape index (κ1) is 8.45. The van der Waals surface area contributed by atoms with Gasteiger partial charge in [-0.1, -0.05) is 24.3 Å². The van der Waals surface area contributed by atoms with Crippen molar-refractivity contribution < 1.29 is 5.11 Å². The van der Waals surface area contributed by atoms with Crippen molar-refractivity contribution in [2.45, 2.75) is 24.4 Å². The van der Waals surface area contributed by atoms with E-state index >= 15 is 0 Å². The second-order valence-electron chi connectivity index (χ2n) is 4.51. The van der Waals surface area contributed by atoms with Crippen LogP contribution in [0, 0.1) is 0 Å². The van der Waals surface area contributed by atoms with E-state index in [4.69, 9.17) is 0 Å². The van der Waals surface area contributed by atoms with Gasteiger partial charge in [0.25, 0.3) is 0 Å². The summed E-state index contributed by atoms with van der Waals surface area (Å²) in [6, 6.07) is 8.34. The normalized spacial score (nSPS) is 35.1. The molecule has 1 aliphatic carbocycles. The van der Waals surface area contributed by atoms with E-state index in [1.54, 1.807) is 0 Å². The molecule has 1 aromatic rings. The highest BCUT2D eigenvalue weighted by Crippen LogP contribution is 2.47. The summed E-state index contributed by atoms with van der Waals surface area (Å²) in [4.78, 5) is 0. The predicted octanol–water partition coefficient (Wildman–Crippen LogP) is 1.35. The summed E-state index contributed by atoms with van der Waals surface area (Å²) in [6.45, 7) is 2.11. The summed E-state index contributed by atoms with van der Waals surface area (Å²) in [6.07, 6.45) is 1.83. The summed E-state index contributed by atoms with van der Waals surface area (Å²) in [5, 5.41) is 13.4. The molecule has 0 bridgehead atoms. The van der Waals surface area contributed by atoms with Crippen molar-refractivity contribution in [3.8, 4) is 0 Å². The van der Waals surface area contributed by atoms with Crippen molar-refractivity contribution in [2.24, 2.45) is 0 Å². The highest BCUT2D eigenvalue weighted by atomic mass is 16.3. The Morgan fingerprint density at radius 1 is 1.36 bits per heavy atom. The molecule has 0 amide bonds. The number of fused-ring (bicyclic) bond motifs is 2. The quantitative estimate of drug-likeness (QED) is 0.645. The molecule has 1 aromatic carbocycles. The number of aliphatic hydroxyl groups is 1. The van der Waals surface area contributed by atoms with Crippen LogP contribution in [-0.4, -0.2) is 18.2 Å². The average molecular weight is 189 g/mol. The zero-order valence-electron chi connectivity index (χ0n) is 8.16. The Morgan fingerprint density at radius 3 is 3.00 bits per heavy atom. The lowest BCUT2D eigenvalue weighted by Crippen LogP contribution is -2.26. The van der Waals surface area contributed by atoms with E-state index in [2.05, 4.69) is 23.5 Å². The minimum Gasteiger partial charge on any atom is -0.388 e. The number of benzene rings is 1. The summed E-state index contributed by atoms with van der Waals surface area (Å²) >= 11 is 0. The number of nitrogens with one attached hydrogen (secondary N) is 1. The van der Waals surface area contributed by atoms with Crippen molar-refractivity contribution in [2.75, 3.05) is 13.1 Å². The van der Waals surface area contributed by atoms with E-state index in [1.807, 2.05) is 6.07 Å². The highest BCUT2D eigenvalue weighted by Gasteiger charge is 2.44. The smallest absolute Gasteiger partial charge is 0.0801 e. The first-order valence-corrected chi connectivity index (χ1v) is 5.30. The predicted molar refractivity (Wildman–Crippen MR) is 55.2 cm³/mol. The lowest BCUT2D eigenvalue weighted by Gasteiger charge is -2.22. The standard InChI is InChI=1S/C12H15NO/c14-11-7-12(5-6-13-8-12)10-4-2-1-3-9(10)11/h1-4,11,13-14H,5-8H2. The molecule has 3 rings (SSSR count). The largest absolute Gasteiger partial charge is 0.388 e. The van der Waals surface area contributed by atoms with Crippen LogP contribution < -0.4 is 5.32 Å². The molecule has 14 heavy (non-hydrogen) atoms. The van der Waals surface area contributed by atoms with Gasteiger partial charge in [0.05, 0.1) is 6.10 Å². The van der Waals surface area contributed by atoms with Crippen LogP contribution in [0.15, 0.2) is 24.3 Å². The molecular weight excluding hydrogens is 174 g/mol. The Balaban J connectivity index is 2.13. The van der Waals surface area contributed by atoms with E-state index < -0.39 is 0 Å². The SMILES string of the molecule is OC1CC2(CCNC2)c2ccccc21. The Hall–Kier alpha value is -0.860. The molecule has 1 saturated heterocycles. The van der Waals surface area contributed by atoms with E-state index in [-0.39, 0.29) is 11.5 Å². The van der Waals surface area contributed by atoms with Gasteiger partial charge >= 0.3 is 0 Å². The van der Waals surface area contributed by atoms with E-state index in [1.165, 1.54) is 12.0 Å². The van der Waals surface area contributed by atoms with Gasteiger partial charge in [-0.3, -0.25) is 0 Å². The fourth-order valence-corrected chi connectivity index (χ4v) is 3.01. The van der Waals surface area contributed by atoms with Crippen molar-refractivity contribution >= 4 is 0 Å². The van der Waals surface area contributed by atoms with Crippen LogP contribution in [0.1, 0.15) is 30.1 Å². The first-order chi connectivity index (χ1) is 6.82. The molecule has 1 heterocycles. The van der Waals surface area contributed by atoms with Crippen molar-refractivity contribution in [1.82, 2.24) is 5.32 Å². The Bertz CT molecular complexity index is 355. The van der Waals surface area contributed by atoms with Crippen LogP contribution in [0.25, 0.3) is 0 Å². The Morgan fingerprint density at radius 2 is 2.21 bits per heavy atom. The Labute approximate surface area is 84.0 Å². The van der Waals surface area contributed by atoms with Gasteiger partial charge in [-0.15, -0.1) is 0 Å². The third-order valence-electron chi connectivity index (χ3n) is 3.72. The lowest BCUT2D eigenvalue weighted by atomic mass is 9.81. The lowest BCUT2D eigenvalue weighted by molar-refractivity contribution is 0.158. The molecule has 2 nitrogen and oxygen atoms in total. The summed E-state index contributed by atoms with van der Waals surface area (Å²) in [7, 11) is 0. The maximum absolute atomic E-state index is 9.98. The van der Waals surface area contributed by atoms with Crippen LogP contribution in [0.5, 0.6) is 0 Å². The molecule has 1 spiro atoms. The van der Waals surface area contributed by atoms with Gasteiger partial charge in [0.15, 0.2) is 0 Å². The second-order valence-corrected chi connectivity index (χ2v) is 4.51. The zero-order chi connectivity index (χ0) is 9.60. The Kier molecular flexibility index (Phi) is 1.70. The van der Waals surface area contributed by atoms with Crippen molar-refractivity contribution in [1.29, 1.82) is 0 Å². The van der Waals surface area contributed by atoms with Crippen LogP contribution in [0.3, 0.4) is 0 Å². The number of hydrogen-bond donors (Lipinski definition) is 2. The van der Waals surface area contributed by atoms with Crippen LogP contribution in [0.2, 0.25) is 0 Å². The second kappa shape index (κ2) is 2.81. The topological polar surface area (TPSA) is 32.3 Å². The van der Waals surface area contributed by atoms with Gasteiger partial charge in [0.1, 0.15) is 0 Å². The summed E-state index contributed by atoms with van der Waals surface area (Å²) in [5.74, 6) is 0. The molecular formula is C12H15NO. The fraction of sp³-hybridized carbons (Fsp3) is 0.500. The molecule has 1 fully saturated rings. The average Bonchev–Trinajstić information content (AvgIpc) is 2.77. The number of hydrogen-bond acceptors (Lipinski definition) is 2. The van der Waals surface area contributed by atoms with Gasteiger partial charge in [-0.05, 0) is 30.5 Å². The maximum Gasteiger partial charge on any atom is 0.0801 e. The minimum absolute atomic E-state index is 0.232. The maximum atomic E-state index is 9.98. The highest BCUT2D eigenvalue weighted by molar-refractivity contribution is 5.42. The number of aliphatic hydroxyl groups excluding tert-OH is 1. The molecule has 2 aliphatic rings. The minimum atomic E-state index is -0.244. The third-order valence-corrected chi connectivity index (χ3v) is 3.72. The molecule has 2 heteroatoms. The van der Waals surface area contributed by atoms with Gasteiger partial charge in [-0.2, -0.15) is 0 Å². The first-order valence-electron chi connectivity index (χ1n) is 5.30. The van der Waals surface area contributed by atoms with Crippen LogP contribution in [0.4, 0.5) is 0 Å². The summed E-state index contributed by atoms with van der Waals surface area (Å²) in [5.41, 5.74) is 2.75. The van der Waals surface area contributed by atoms with Crippen molar-refractivity contribution in [3.05, 3.63) is 35.4 Å². The summed E-state index contributed by atoms with van der Waals surface area (Å²) < 4.78 is 0.